The first-order chi connectivity index (χ1) is 9.33. The van der Waals surface area contributed by atoms with E-state index in [1.54, 1.807) is 18.2 Å². The molecule has 108 valence electrons. The third kappa shape index (κ3) is 3.08. The van der Waals surface area contributed by atoms with E-state index in [0.29, 0.717) is 0 Å². The molecule has 0 bridgehead atoms. The van der Waals surface area contributed by atoms with Crippen molar-refractivity contribution in [2.45, 2.75) is 6.42 Å². The molecule has 20 heavy (non-hydrogen) atoms. The van der Waals surface area contributed by atoms with Crippen LogP contribution in [0.4, 0.5) is 0 Å². The van der Waals surface area contributed by atoms with Crippen LogP contribution in [0.2, 0.25) is 0 Å². The third-order valence-electron chi connectivity index (χ3n) is 3.59. The molecule has 0 spiro atoms. The monoisotopic (exact) mass is 298 g/mol. The molecule has 0 heterocycles. The van der Waals surface area contributed by atoms with Crippen LogP contribution >= 0.6 is 7.37 Å². The van der Waals surface area contributed by atoms with Gasteiger partial charge in [-0.05, 0) is 24.5 Å². The second kappa shape index (κ2) is 5.38. The van der Waals surface area contributed by atoms with Crippen molar-refractivity contribution in [1.82, 2.24) is 0 Å². The molecular weight excluding hydrogens is 283 g/mol. The minimum absolute atomic E-state index is 0.193. The predicted octanol–water partition coefficient (Wildman–Crippen LogP) is 1.00. The van der Waals surface area contributed by atoms with Gasteiger partial charge in [-0.3, -0.25) is 14.2 Å². The second-order valence-electron chi connectivity index (χ2n) is 5.01. The summed E-state index contributed by atoms with van der Waals surface area (Å²) < 4.78 is 12.3. The van der Waals surface area contributed by atoms with Crippen LogP contribution in [-0.2, 0) is 14.2 Å². The first-order valence-electron chi connectivity index (χ1n) is 6.16. The lowest BCUT2D eigenvalue weighted by atomic mass is 10.1. The number of carbonyl (C=O) groups is 2. The Hall–Kier alpha value is -1.65. The van der Waals surface area contributed by atoms with Crippen molar-refractivity contribution < 1.29 is 29.3 Å². The first kappa shape index (κ1) is 14.8. The third-order valence-corrected chi connectivity index (χ3v) is 5.59. The van der Waals surface area contributed by atoms with Crippen LogP contribution < -0.4 is 5.30 Å². The van der Waals surface area contributed by atoms with E-state index in [4.69, 9.17) is 10.2 Å². The van der Waals surface area contributed by atoms with Crippen LogP contribution in [-0.4, -0.2) is 33.2 Å². The Bertz CT molecular complexity index is 569. The summed E-state index contributed by atoms with van der Waals surface area (Å²) in [5, 5.41) is 18.2. The molecule has 0 amide bonds. The summed E-state index contributed by atoms with van der Waals surface area (Å²) in [5.41, 5.74) is 0. The Labute approximate surface area is 115 Å². The van der Waals surface area contributed by atoms with Crippen molar-refractivity contribution >= 4 is 24.6 Å². The summed E-state index contributed by atoms with van der Waals surface area (Å²) in [6.45, 7) is 0. The first-order valence-corrected chi connectivity index (χ1v) is 8.00. The molecule has 1 fully saturated rings. The van der Waals surface area contributed by atoms with Gasteiger partial charge in [0, 0.05) is 11.5 Å². The zero-order valence-electron chi connectivity index (χ0n) is 10.5. The Morgan fingerprint density at radius 3 is 2.30 bits per heavy atom. The smallest absolute Gasteiger partial charge is 0.307 e. The molecule has 4 unspecified atom stereocenters. The molecule has 1 aliphatic rings. The average molecular weight is 298 g/mol. The lowest BCUT2D eigenvalue weighted by molar-refractivity contribution is -0.142. The van der Waals surface area contributed by atoms with Crippen LogP contribution in [0, 0.1) is 17.8 Å². The van der Waals surface area contributed by atoms with Crippen LogP contribution in [0.1, 0.15) is 6.42 Å². The molecule has 1 aromatic rings. The molecule has 0 aromatic heterocycles. The fourth-order valence-corrected chi connectivity index (χ4v) is 4.18. The molecular formula is C13H15O6P. The molecule has 7 heteroatoms. The Morgan fingerprint density at radius 1 is 1.25 bits per heavy atom. The fourth-order valence-electron chi connectivity index (χ4n) is 2.37. The highest BCUT2D eigenvalue weighted by Gasteiger charge is 2.52. The van der Waals surface area contributed by atoms with Gasteiger partial charge in [0.05, 0.1) is 11.8 Å². The molecule has 1 saturated carbocycles. The van der Waals surface area contributed by atoms with E-state index in [1.165, 1.54) is 12.1 Å². The Balaban J connectivity index is 2.15. The van der Waals surface area contributed by atoms with Gasteiger partial charge in [0.25, 0.3) is 0 Å². The van der Waals surface area contributed by atoms with E-state index in [9.17, 15) is 19.0 Å². The maximum atomic E-state index is 12.3. The predicted molar refractivity (Wildman–Crippen MR) is 71.1 cm³/mol. The van der Waals surface area contributed by atoms with Gasteiger partial charge in [-0.25, -0.2) is 0 Å². The Kier molecular flexibility index (Phi) is 3.97. The molecule has 0 radical (unpaired) electrons. The number of hydrogen-bond acceptors (Lipinski definition) is 3. The largest absolute Gasteiger partial charge is 0.481 e. The number of aliphatic carboxylic acids is 2. The normalized spacial score (nSPS) is 25.4. The van der Waals surface area contributed by atoms with E-state index >= 15 is 0 Å². The van der Waals surface area contributed by atoms with Gasteiger partial charge in [-0.2, -0.15) is 0 Å². The molecule has 3 N–H and O–H groups in total. The molecule has 0 aliphatic heterocycles. The Morgan fingerprint density at radius 2 is 1.85 bits per heavy atom. The quantitative estimate of drug-likeness (QED) is 0.676. The van der Waals surface area contributed by atoms with Crippen LogP contribution in [0.5, 0.6) is 0 Å². The van der Waals surface area contributed by atoms with Crippen molar-refractivity contribution in [2.75, 3.05) is 6.16 Å². The van der Waals surface area contributed by atoms with Crippen molar-refractivity contribution in [1.29, 1.82) is 0 Å². The van der Waals surface area contributed by atoms with Crippen molar-refractivity contribution in [2.24, 2.45) is 17.8 Å². The highest BCUT2D eigenvalue weighted by Crippen LogP contribution is 2.51. The van der Waals surface area contributed by atoms with Gasteiger partial charge in [0.1, 0.15) is 0 Å². The van der Waals surface area contributed by atoms with Crippen LogP contribution in [0.25, 0.3) is 0 Å². The number of hydrogen-bond donors (Lipinski definition) is 3. The van der Waals surface area contributed by atoms with E-state index in [0.717, 1.165) is 0 Å². The van der Waals surface area contributed by atoms with Crippen LogP contribution in [0.3, 0.4) is 0 Å². The lowest BCUT2D eigenvalue weighted by Gasteiger charge is -2.17. The van der Waals surface area contributed by atoms with Gasteiger partial charge in [-0.15, -0.1) is 0 Å². The van der Waals surface area contributed by atoms with Crippen LogP contribution in [0.15, 0.2) is 30.3 Å². The zero-order valence-corrected chi connectivity index (χ0v) is 11.4. The summed E-state index contributed by atoms with van der Waals surface area (Å²) in [6, 6.07) is 7.85. The van der Waals surface area contributed by atoms with E-state index in [1.807, 2.05) is 0 Å². The van der Waals surface area contributed by atoms with E-state index in [-0.39, 0.29) is 11.7 Å². The molecule has 4 atom stereocenters. The highest BCUT2D eigenvalue weighted by atomic mass is 31.2. The molecule has 2 rings (SSSR count). The maximum absolute atomic E-state index is 12.3. The average Bonchev–Trinajstić information content (AvgIpc) is 3.17. The highest BCUT2D eigenvalue weighted by molar-refractivity contribution is 7.66. The van der Waals surface area contributed by atoms with Gasteiger partial charge in [-0.1, -0.05) is 18.2 Å². The summed E-state index contributed by atoms with van der Waals surface area (Å²) in [4.78, 5) is 32.1. The summed E-state index contributed by atoms with van der Waals surface area (Å²) in [6.07, 6.45) is -0.179. The van der Waals surface area contributed by atoms with E-state index < -0.39 is 43.2 Å². The maximum Gasteiger partial charge on any atom is 0.307 e. The minimum atomic E-state index is -3.80. The summed E-state index contributed by atoms with van der Waals surface area (Å²) >= 11 is 0. The number of rotatable bonds is 6. The van der Waals surface area contributed by atoms with Gasteiger partial charge < -0.3 is 15.1 Å². The van der Waals surface area contributed by atoms with Crippen molar-refractivity contribution in [3.63, 3.8) is 0 Å². The molecule has 1 aromatic carbocycles. The number of carboxylic acid groups (broad SMARTS) is 2. The summed E-state index contributed by atoms with van der Waals surface area (Å²) in [7, 11) is -3.80. The molecule has 6 nitrogen and oxygen atoms in total. The van der Waals surface area contributed by atoms with Crippen molar-refractivity contribution in [3.8, 4) is 0 Å². The topological polar surface area (TPSA) is 112 Å². The molecule has 0 saturated heterocycles. The zero-order chi connectivity index (χ0) is 14.9. The van der Waals surface area contributed by atoms with Gasteiger partial charge in [0.2, 0.25) is 7.37 Å². The summed E-state index contributed by atoms with van der Waals surface area (Å²) in [5.74, 6) is -4.65. The van der Waals surface area contributed by atoms with E-state index in [2.05, 4.69) is 0 Å². The standard InChI is InChI=1S/C13H15O6P/c14-12(15)10-6-9(10)11(13(16)17)7-20(18,19)8-4-2-1-3-5-8/h1-5,9-11H,6-7H2,(H,14,15)(H,16,17)(H,18,19). The van der Waals surface area contributed by atoms with Crippen molar-refractivity contribution in [3.05, 3.63) is 30.3 Å². The minimum Gasteiger partial charge on any atom is -0.481 e. The lowest BCUT2D eigenvalue weighted by Crippen LogP contribution is -2.24. The SMILES string of the molecule is O=C(O)C1CC1C(CP(=O)(O)c1ccccc1)C(=O)O. The fraction of sp³-hybridized carbons (Fsp3) is 0.385. The molecule has 1 aliphatic carbocycles. The number of benzene rings is 1. The van der Waals surface area contributed by atoms with Gasteiger partial charge >= 0.3 is 11.9 Å². The van der Waals surface area contributed by atoms with Gasteiger partial charge in [0.15, 0.2) is 0 Å². The second-order valence-corrected chi connectivity index (χ2v) is 7.29. The number of carboxylic acids is 2.